The van der Waals surface area contributed by atoms with Crippen LogP contribution in [0.1, 0.15) is 6.42 Å². The van der Waals surface area contributed by atoms with Crippen LogP contribution in [0.3, 0.4) is 0 Å². The largest absolute Gasteiger partial charge is 0.481 e. The van der Waals surface area contributed by atoms with Crippen LogP contribution in [0.15, 0.2) is 12.7 Å². The van der Waals surface area contributed by atoms with Crippen molar-refractivity contribution in [3.8, 4) is 0 Å². The van der Waals surface area contributed by atoms with E-state index in [9.17, 15) is 9.59 Å². The fourth-order valence-electron chi connectivity index (χ4n) is 0.922. The number of aliphatic carboxylic acids is 1. The third kappa shape index (κ3) is 4.49. The van der Waals surface area contributed by atoms with Gasteiger partial charge in [-0.1, -0.05) is 6.08 Å². The number of carbonyl (C=O) groups excluding carboxylic acids is 1. The van der Waals surface area contributed by atoms with E-state index in [4.69, 9.17) is 5.11 Å². The first-order chi connectivity index (χ1) is 6.49. The molecule has 0 aliphatic heterocycles. The molecule has 2 amide bonds. The number of carboxylic acid groups (broad SMARTS) is 1. The van der Waals surface area contributed by atoms with Crippen LogP contribution < -0.4 is 0 Å². The molecule has 0 fully saturated rings. The van der Waals surface area contributed by atoms with Crippen molar-refractivity contribution in [2.45, 2.75) is 6.42 Å². The highest BCUT2D eigenvalue weighted by molar-refractivity contribution is 5.75. The van der Waals surface area contributed by atoms with Gasteiger partial charge >= 0.3 is 12.0 Å². The normalized spacial score (nSPS) is 9.29. The van der Waals surface area contributed by atoms with Gasteiger partial charge in [0.15, 0.2) is 0 Å². The lowest BCUT2D eigenvalue weighted by molar-refractivity contribution is -0.137. The van der Waals surface area contributed by atoms with Crippen molar-refractivity contribution in [1.82, 2.24) is 9.80 Å². The summed E-state index contributed by atoms with van der Waals surface area (Å²) in [7, 11) is 3.21. The van der Waals surface area contributed by atoms with Gasteiger partial charge in [0.25, 0.3) is 0 Å². The highest BCUT2D eigenvalue weighted by Crippen LogP contribution is 1.95. The van der Waals surface area contributed by atoms with E-state index in [2.05, 4.69) is 6.58 Å². The first-order valence-corrected chi connectivity index (χ1v) is 4.28. The highest BCUT2D eigenvalue weighted by Gasteiger charge is 2.13. The summed E-state index contributed by atoms with van der Waals surface area (Å²) < 4.78 is 0. The molecule has 5 nitrogen and oxygen atoms in total. The zero-order chi connectivity index (χ0) is 11.1. The monoisotopic (exact) mass is 200 g/mol. The summed E-state index contributed by atoms with van der Waals surface area (Å²) in [4.78, 5) is 24.6. The van der Waals surface area contributed by atoms with Crippen molar-refractivity contribution in [2.24, 2.45) is 0 Å². The lowest BCUT2D eigenvalue weighted by atomic mass is 10.4. The zero-order valence-electron chi connectivity index (χ0n) is 8.56. The molecule has 0 saturated heterocycles. The first-order valence-electron chi connectivity index (χ1n) is 4.28. The molecule has 0 saturated carbocycles. The van der Waals surface area contributed by atoms with Crippen molar-refractivity contribution < 1.29 is 14.7 Å². The van der Waals surface area contributed by atoms with Gasteiger partial charge in [-0.25, -0.2) is 4.79 Å². The average Bonchev–Trinajstić information content (AvgIpc) is 2.13. The summed E-state index contributed by atoms with van der Waals surface area (Å²) in [6.07, 6.45) is 1.58. The molecule has 0 heterocycles. The van der Waals surface area contributed by atoms with Crippen LogP contribution in [0, 0.1) is 0 Å². The molecule has 0 aliphatic carbocycles. The van der Waals surface area contributed by atoms with E-state index in [1.165, 1.54) is 9.80 Å². The zero-order valence-corrected chi connectivity index (χ0v) is 8.56. The Morgan fingerprint density at radius 1 is 1.36 bits per heavy atom. The molecule has 0 bridgehead atoms. The standard InChI is InChI=1S/C9H16N2O3/c1-4-6-10(2)9(14)11(3)7-5-8(12)13/h4H,1,5-7H2,2-3H3,(H,12,13). The summed E-state index contributed by atoms with van der Waals surface area (Å²) in [6, 6.07) is -0.203. The molecular formula is C9H16N2O3. The average molecular weight is 200 g/mol. The number of nitrogens with zero attached hydrogens (tertiary/aromatic N) is 2. The van der Waals surface area contributed by atoms with Gasteiger partial charge in [-0.2, -0.15) is 0 Å². The lowest BCUT2D eigenvalue weighted by Crippen LogP contribution is -2.39. The van der Waals surface area contributed by atoms with E-state index in [-0.39, 0.29) is 19.0 Å². The van der Waals surface area contributed by atoms with Crippen molar-refractivity contribution in [2.75, 3.05) is 27.2 Å². The number of carbonyl (C=O) groups is 2. The number of likely N-dealkylation sites (N-methyl/N-ethyl adjacent to an activating group) is 1. The van der Waals surface area contributed by atoms with E-state index < -0.39 is 5.97 Å². The number of hydrogen-bond acceptors (Lipinski definition) is 2. The number of urea groups is 1. The van der Waals surface area contributed by atoms with Gasteiger partial charge in [0.1, 0.15) is 0 Å². The minimum atomic E-state index is -0.906. The van der Waals surface area contributed by atoms with Crippen LogP contribution in [0.5, 0.6) is 0 Å². The van der Waals surface area contributed by atoms with Gasteiger partial charge in [0.2, 0.25) is 0 Å². The third-order valence-corrected chi connectivity index (χ3v) is 1.72. The Bertz CT molecular complexity index is 228. The molecule has 0 atom stereocenters. The molecule has 0 radical (unpaired) electrons. The fraction of sp³-hybridized carbons (Fsp3) is 0.556. The molecule has 0 aromatic heterocycles. The molecule has 0 spiro atoms. The third-order valence-electron chi connectivity index (χ3n) is 1.72. The molecule has 0 aliphatic rings. The second-order valence-corrected chi connectivity index (χ2v) is 3.02. The minimum absolute atomic E-state index is 0.0375. The van der Waals surface area contributed by atoms with Gasteiger partial charge in [-0.3, -0.25) is 4.79 Å². The first kappa shape index (κ1) is 12.5. The Morgan fingerprint density at radius 2 is 1.93 bits per heavy atom. The lowest BCUT2D eigenvalue weighted by Gasteiger charge is -2.23. The topological polar surface area (TPSA) is 60.9 Å². The van der Waals surface area contributed by atoms with Gasteiger partial charge in [0, 0.05) is 27.2 Å². The molecule has 80 valence electrons. The van der Waals surface area contributed by atoms with Crippen molar-refractivity contribution in [3.05, 3.63) is 12.7 Å². The Labute approximate surface area is 83.6 Å². The van der Waals surface area contributed by atoms with E-state index in [1.807, 2.05) is 0 Å². The second-order valence-electron chi connectivity index (χ2n) is 3.02. The maximum Gasteiger partial charge on any atom is 0.319 e. The molecule has 0 aromatic carbocycles. The molecular weight excluding hydrogens is 184 g/mol. The summed E-state index contributed by atoms with van der Waals surface area (Å²) in [5, 5.41) is 8.42. The Kier molecular flexibility index (Phi) is 5.36. The maximum atomic E-state index is 11.5. The smallest absolute Gasteiger partial charge is 0.319 e. The van der Waals surface area contributed by atoms with Crippen LogP contribution >= 0.6 is 0 Å². The molecule has 1 N–H and O–H groups in total. The van der Waals surface area contributed by atoms with Gasteiger partial charge in [-0.05, 0) is 0 Å². The predicted molar refractivity (Wildman–Crippen MR) is 53.1 cm³/mol. The van der Waals surface area contributed by atoms with Crippen molar-refractivity contribution in [3.63, 3.8) is 0 Å². The molecule has 0 unspecified atom stereocenters. The molecule has 0 rings (SSSR count). The van der Waals surface area contributed by atoms with Crippen LogP contribution in [-0.4, -0.2) is 54.1 Å². The quantitative estimate of drug-likeness (QED) is 0.662. The van der Waals surface area contributed by atoms with Gasteiger partial charge < -0.3 is 14.9 Å². The molecule has 0 aromatic rings. The summed E-state index contributed by atoms with van der Waals surface area (Å²) >= 11 is 0. The van der Waals surface area contributed by atoms with Crippen LogP contribution in [0.4, 0.5) is 4.79 Å². The Balaban J connectivity index is 3.97. The number of rotatable bonds is 5. The maximum absolute atomic E-state index is 11.5. The second kappa shape index (κ2) is 6.01. The predicted octanol–water partition coefficient (Wildman–Crippen LogP) is 0.631. The van der Waals surface area contributed by atoms with Crippen LogP contribution in [-0.2, 0) is 4.79 Å². The van der Waals surface area contributed by atoms with Gasteiger partial charge in [0.05, 0.1) is 6.42 Å². The number of hydrogen-bond donors (Lipinski definition) is 1. The van der Waals surface area contributed by atoms with E-state index >= 15 is 0 Å². The SMILES string of the molecule is C=CCN(C)C(=O)N(C)CCC(=O)O. The van der Waals surface area contributed by atoms with E-state index in [0.717, 1.165) is 0 Å². The summed E-state index contributed by atoms with van der Waals surface area (Å²) in [6.45, 7) is 4.18. The fourth-order valence-corrected chi connectivity index (χ4v) is 0.922. The van der Waals surface area contributed by atoms with E-state index in [0.29, 0.717) is 6.54 Å². The number of amides is 2. The minimum Gasteiger partial charge on any atom is -0.481 e. The number of carboxylic acids is 1. The summed E-state index contributed by atoms with van der Waals surface area (Å²) in [5.41, 5.74) is 0. The highest BCUT2D eigenvalue weighted by atomic mass is 16.4. The van der Waals surface area contributed by atoms with E-state index in [1.54, 1.807) is 20.2 Å². The van der Waals surface area contributed by atoms with Crippen molar-refractivity contribution >= 4 is 12.0 Å². The summed E-state index contributed by atoms with van der Waals surface area (Å²) in [5.74, 6) is -0.906. The van der Waals surface area contributed by atoms with Gasteiger partial charge in [-0.15, -0.1) is 6.58 Å². The van der Waals surface area contributed by atoms with Crippen LogP contribution in [0.2, 0.25) is 0 Å². The van der Waals surface area contributed by atoms with Crippen molar-refractivity contribution in [1.29, 1.82) is 0 Å². The Morgan fingerprint density at radius 3 is 2.36 bits per heavy atom. The molecule has 5 heteroatoms. The molecule has 14 heavy (non-hydrogen) atoms. The van der Waals surface area contributed by atoms with Crippen LogP contribution in [0.25, 0.3) is 0 Å². The Hall–Kier alpha value is -1.52.